The van der Waals surface area contributed by atoms with Crippen LogP contribution in [-0.4, -0.2) is 12.2 Å². The zero-order valence-electron chi connectivity index (χ0n) is 11.8. The maximum absolute atomic E-state index is 10.1. The Morgan fingerprint density at radius 1 is 1.29 bits per heavy atom. The molecule has 0 bridgehead atoms. The van der Waals surface area contributed by atoms with Crippen molar-refractivity contribution in [2.45, 2.75) is 52.6 Å². The van der Waals surface area contributed by atoms with E-state index in [1.165, 1.54) is 5.56 Å². The molecular formula is C15H24O2. The second kappa shape index (κ2) is 5.09. The van der Waals surface area contributed by atoms with E-state index in [0.29, 0.717) is 6.42 Å². The highest BCUT2D eigenvalue weighted by Gasteiger charge is 2.23. The van der Waals surface area contributed by atoms with Gasteiger partial charge in [0.05, 0.1) is 13.2 Å². The molecule has 0 heterocycles. The fourth-order valence-electron chi connectivity index (χ4n) is 2.05. The first-order chi connectivity index (χ1) is 7.81. The van der Waals surface area contributed by atoms with E-state index >= 15 is 0 Å². The normalized spacial score (nSPS) is 13.6. The number of hydrogen-bond acceptors (Lipinski definition) is 2. The van der Waals surface area contributed by atoms with Crippen LogP contribution < -0.4 is 4.74 Å². The molecule has 1 N–H and O–H groups in total. The van der Waals surface area contributed by atoms with Gasteiger partial charge in [-0.15, -0.1) is 0 Å². The van der Waals surface area contributed by atoms with Crippen molar-refractivity contribution in [2.24, 2.45) is 0 Å². The largest absolute Gasteiger partial charge is 0.496 e. The van der Waals surface area contributed by atoms with Crippen LogP contribution in [0.4, 0.5) is 0 Å². The predicted molar refractivity (Wildman–Crippen MR) is 71.7 cm³/mol. The van der Waals surface area contributed by atoms with Gasteiger partial charge in [0.1, 0.15) is 5.75 Å². The summed E-state index contributed by atoms with van der Waals surface area (Å²) >= 11 is 0. The molecule has 17 heavy (non-hydrogen) atoms. The maximum atomic E-state index is 10.1. The Hall–Kier alpha value is -1.02. The summed E-state index contributed by atoms with van der Waals surface area (Å²) in [7, 11) is 1.67. The highest BCUT2D eigenvalue weighted by molar-refractivity contribution is 5.48. The van der Waals surface area contributed by atoms with E-state index in [-0.39, 0.29) is 5.41 Å². The highest BCUT2D eigenvalue weighted by atomic mass is 16.5. The molecule has 0 fully saturated rings. The Morgan fingerprint density at radius 3 is 2.29 bits per heavy atom. The van der Waals surface area contributed by atoms with Crippen LogP contribution in [-0.2, 0) is 5.41 Å². The van der Waals surface area contributed by atoms with Gasteiger partial charge in [-0.3, -0.25) is 0 Å². The molecule has 0 aromatic heterocycles. The first-order valence-corrected chi connectivity index (χ1v) is 6.18. The lowest BCUT2D eigenvalue weighted by Gasteiger charge is -2.26. The average molecular weight is 236 g/mol. The van der Waals surface area contributed by atoms with Crippen molar-refractivity contribution in [3.8, 4) is 5.75 Å². The molecule has 1 rings (SSSR count). The zero-order chi connectivity index (χ0) is 13.2. The van der Waals surface area contributed by atoms with Gasteiger partial charge in [0.15, 0.2) is 0 Å². The fraction of sp³-hybridized carbons (Fsp3) is 0.600. The summed E-state index contributed by atoms with van der Waals surface area (Å²) in [6.07, 6.45) is 0.245. The third kappa shape index (κ3) is 3.01. The molecule has 0 amide bonds. The zero-order valence-corrected chi connectivity index (χ0v) is 11.8. The molecule has 1 aromatic carbocycles. The van der Waals surface area contributed by atoms with Crippen molar-refractivity contribution in [3.05, 3.63) is 28.8 Å². The first kappa shape index (κ1) is 14.0. The lowest BCUT2D eigenvalue weighted by atomic mass is 9.83. The van der Waals surface area contributed by atoms with Gasteiger partial charge < -0.3 is 9.84 Å². The van der Waals surface area contributed by atoms with E-state index in [4.69, 9.17) is 4.74 Å². The van der Waals surface area contributed by atoms with Gasteiger partial charge in [-0.1, -0.05) is 39.3 Å². The highest BCUT2D eigenvalue weighted by Crippen LogP contribution is 2.38. The van der Waals surface area contributed by atoms with Crippen LogP contribution in [0, 0.1) is 6.92 Å². The Bertz CT molecular complexity index is 389. The van der Waals surface area contributed by atoms with Crippen molar-refractivity contribution >= 4 is 0 Å². The molecule has 0 aliphatic heterocycles. The summed E-state index contributed by atoms with van der Waals surface area (Å²) in [4.78, 5) is 0. The van der Waals surface area contributed by atoms with Crippen LogP contribution >= 0.6 is 0 Å². The molecule has 0 spiro atoms. The van der Waals surface area contributed by atoms with Gasteiger partial charge in [0.2, 0.25) is 0 Å². The number of ether oxygens (including phenoxy) is 1. The minimum absolute atomic E-state index is 0.0135. The Balaban J connectivity index is 3.46. The number of hydrogen-bond donors (Lipinski definition) is 1. The summed E-state index contributed by atoms with van der Waals surface area (Å²) in [5.74, 6) is 0.831. The van der Waals surface area contributed by atoms with Crippen molar-refractivity contribution in [3.63, 3.8) is 0 Å². The van der Waals surface area contributed by atoms with Gasteiger partial charge in [-0.2, -0.15) is 0 Å². The lowest BCUT2D eigenvalue weighted by molar-refractivity contribution is 0.169. The van der Waals surface area contributed by atoms with Crippen LogP contribution in [0.2, 0.25) is 0 Å². The quantitative estimate of drug-likeness (QED) is 0.866. The van der Waals surface area contributed by atoms with Crippen LogP contribution in [0.1, 0.15) is 56.9 Å². The van der Waals surface area contributed by atoms with Gasteiger partial charge in [-0.25, -0.2) is 0 Å². The monoisotopic (exact) mass is 236 g/mol. The van der Waals surface area contributed by atoms with E-state index in [1.54, 1.807) is 7.11 Å². The van der Waals surface area contributed by atoms with Gasteiger partial charge in [0, 0.05) is 11.1 Å². The third-order valence-electron chi connectivity index (χ3n) is 3.02. The summed E-state index contributed by atoms with van der Waals surface area (Å²) in [6.45, 7) is 10.5. The van der Waals surface area contributed by atoms with E-state index in [9.17, 15) is 5.11 Å². The van der Waals surface area contributed by atoms with E-state index < -0.39 is 6.10 Å². The maximum Gasteiger partial charge on any atom is 0.128 e. The molecule has 1 aromatic rings. The summed E-state index contributed by atoms with van der Waals surface area (Å²) in [5.41, 5.74) is 3.24. The van der Waals surface area contributed by atoms with E-state index in [1.807, 2.05) is 13.0 Å². The van der Waals surface area contributed by atoms with Crippen LogP contribution in [0.5, 0.6) is 5.75 Å². The fourth-order valence-corrected chi connectivity index (χ4v) is 2.05. The van der Waals surface area contributed by atoms with E-state index in [0.717, 1.165) is 16.9 Å². The molecule has 2 heteroatoms. The van der Waals surface area contributed by atoms with E-state index in [2.05, 4.69) is 33.8 Å². The summed E-state index contributed by atoms with van der Waals surface area (Å²) in [6, 6.07) is 4.16. The second-order valence-electron chi connectivity index (χ2n) is 5.61. The smallest absolute Gasteiger partial charge is 0.128 e. The van der Waals surface area contributed by atoms with Crippen LogP contribution in [0.3, 0.4) is 0 Å². The molecule has 0 aliphatic rings. The van der Waals surface area contributed by atoms with Crippen molar-refractivity contribution < 1.29 is 9.84 Å². The first-order valence-electron chi connectivity index (χ1n) is 6.18. The standard InChI is InChI=1S/C15H24O2/c1-7-13(16)11-8-10(2)9-12(14(11)17-6)15(3,4)5/h8-9,13,16H,7H2,1-6H3. The Morgan fingerprint density at radius 2 is 1.88 bits per heavy atom. The molecule has 0 saturated heterocycles. The second-order valence-corrected chi connectivity index (χ2v) is 5.61. The van der Waals surface area contributed by atoms with Crippen LogP contribution in [0.25, 0.3) is 0 Å². The number of methoxy groups -OCH3 is 1. The molecule has 96 valence electrons. The van der Waals surface area contributed by atoms with Crippen molar-refractivity contribution in [1.82, 2.24) is 0 Å². The van der Waals surface area contributed by atoms with Crippen LogP contribution in [0.15, 0.2) is 12.1 Å². The third-order valence-corrected chi connectivity index (χ3v) is 3.02. The molecule has 1 atom stereocenters. The molecule has 0 radical (unpaired) electrons. The van der Waals surface area contributed by atoms with Gasteiger partial charge in [-0.05, 0) is 24.8 Å². The minimum atomic E-state index is -0.453. The number of benzene rings is 1. The predicted octanol–water partition coefficient (Wildman–Crippen LogP) is 3.74. The van der Waals surface area contributed by atoms with Crippen molar-refractivity contribution in [1.29, 1.82) is 0 Å². The van der Waals surface area contributed by atoms with Gasteiger partial charge in [0.25, 0.3) is 0 Å². The molecule has 1 unspecified atom stereocenters. The molecule has 2 nitrogen and oxygen atoms in total. The number of aliphatic hydroxyl groups is 1. The number of aryl methyl sites for hydroxylation is 1. The SMILES string of the molecule is CCC(O)c1cc(C)cc(C(C)(C)C)c1OC. The Labute approximate surface area is 105 Å². The van der Waals surface area contributed by atoms with Gasteiger partial charge >= 0.3 is 0 Å². The average Bonchev–Trinajstić information content (AvgIpc) is 2.25. The number of rotatable bonds is 3. The molecule has 0 saturated carbocycles. The number of aliphatic hydroxyl groups excluding tert-OH is 1. The topological polar surface area (TPSA) is 29.5 Å². The summed E-state index contributed by atoms with van der Waals surface area (Å²) < 4.78 is 5.52. The summed E-state index contributed by atoms with van der Waals surface area (Å²) in [5, 5.41) is 10.1. The lowest BCUT2D eigenvalue weighted by Crippen LogP contribution is -2.15. The molecule has 0 aliphatic carbocycles. The minimum Gasteiger partial charge on any atom is -0.496 e. The molecular weight excluding hydrogens is 212 g/mol. The van der Waals surface area contributed by atoms with Crippen molar-refractivity contribution in [2.75, 3.05) is 7.11 Å². The Kier molecular flexibility index (Phi) is 4.21.